The Labute approximate surface area is 75.5 Å². The van der Waals surface area contributed by atoms with Crippen LogP contribution in [0.15, 0.2) is 48.9 Å². The lowest BCUT2D eigenvalue weighted by Gasteiger charge is -1.92. The van der Waals surface area contributed by atoms with E-state index in [1.54, 1.807) is 0 Å². The van der Waals surface area contributed by atoms with Gasteiger partial charge < -0.3 is 4.40 Å². The van der Waals surface area contributed by atoms with Gasteiger partial charge in [0.05, 0.1) is 10.9 Å². The van der Waals surface area contributed by atoms with Crippen LogP contribution in [0.1, 0.15) is 0 Å². The predicted octanol–water partition coefficient (Wildman–Crippen LogP) is 1.91. The number of hydrogen-bond donors (Lipinski definition) is 0. The first-order valence-electron chi connectivity index (χ1n) is 4.31. The summed E-state index contributed by atoms with van der Waals surface area (Å²) >= 11 is 0. The topological polar surface area (TPSA) is 18.6 Å². The van der Waals surface area contributed by atoms with E-state index in [2.05, 4.69) is 39.8 Å². The fourth-order valence-corrected chi connectivity index (χ4v) is 1.72. The highest BCUT2D eigenvalue weighted by Crippen LogP contribution is 2.17. The van der Waals surface area contributed by atoms with E-state index in [4.69, 9.17) is 0 Å². The number of fused-ring (bicyclic) bond motifs is 3. The van der Waals surface area contributed by atoms with Crippen molar-refractivity contribution in [2.24, 2.45) is 0 Å². The molecule has 0 amide bonds. The smallest absolute Gasteiger partial charge is 0.176 e. The number of H-pyrrole nitrogens is 1. The SMILES string of the molecule is c1ccn2c(c1)cc1c[nH+]ccc12. The highest BCUT2D eigenvalue weighted by Gasteiger charge is 2.01. The lowest BCUT2D eigenvalue weighted by Crippen LogP contribution is -1.96. The Morgan fingerprint density at radius 2 is 2.15 bits per heavy atom. The maximum Gasteiger partial charge on any atom is 0.176 e. The van der Waals surface area contributed by atoms with E-state index in [-0.39, 0.29) is 0 Å². The van der Waals surface area contributed by atoms with Crippen molar-refractivity contribution in [3.8, 4) is 0 Å². The van der Waals surface area contributed by atoms with Crippen LogP contribution >= 0.6 is 0 Å². The number of nitrogens with zero attached hydrogens (tertiary/aromatic N) is 1. The molecular weight excluding hydrogens is 160 g/mol. The van der Waals surface area contributed by atoms with Gasteiger partial charge in [-0.15, -0.1) is 0 Å². The lowest BCUT2D eigenvalue weighted by atomic mass is 10.3. The van der Waals surface area contributed by atoms with Gasteiger partial charge in [-0.05, 0) is 18.2 Å². The highest BCUT2D eigenvalue weighted by atomic mass is 14.9. The molecule has 0 radical (unpaired) electrons. The molecule has 3 rings (SSSR count). The van der Waals surface area contributed by atoms with Crippen molar-refractivity contribution in [2.45, 2.75) is 0 Å². The molecule has 0 atom stereocenters. The van der Waals surface area contributed by atoms with Crippen LogP contribution in [0.25, 0.3) is 16.4 Å². The molecule has 0 bridgehead atoms. The zero-order chi connectivity index (χ0) is 8.67. The second-order valence-electron chi connectivity index (χ2n) is 3.12. The van der Waals surface area contributed by atoms with Gasteiger partial charge in [-0.25, -0.2) is 4.98 Å². The summed E-state index contributed by atoms with van der Waals surface area (Å²) in [5, 5.41) is 1.24. The van der Waals surface area contributed by atoms with E-state index in [0.29, 0.717) is 0 Å². The van der Waals surface area contributed by atoms with Crippen LogP contribution in [-0.4, -0.2) is 4.40 Å². The standard InChI is InChI=1S/C11H8N2/c1-2-6-13-10(3-1)7-9-8-12-5-4-11(9)13/h1-8H/p+1. The molecule has 2 nitrogen and oxygen atoms in total. The average Bonchev–Trinajstić information content (AvgIpc) is 2.56. The van der Waals surface area contributed by atoms with Crippen molar-refractivity contribution in [3.05, 3.63) is 48.9 Å². The summed E-state index contributed by atoms with van der Waals surface area (Å²) in [6, 6.07) is 10.5. The molecule has 3 aromatic rings. The normalized spacial score (nSPS) is 11.1. The molecule has 2 heteroatoms. The number of aromatic nitrogens is 2. The van der Waals surface area contributed by atoms with Gasteiger partial charge >= 0.3 is 0 Å². The number of pyridine rings is 2. The molecule has 3 aromatic heterocycles. The number of nitrogens with one attached hydrogen (secondary N) is 1. The fourth-order valence-electron chi connectivity index (χ4n) is 1.72. The van der Waals surface area contributed by atoms with Crippen molar-refractivity contribution in [1.29, 1.82) is 0 Å². The second kappa shape index (κ2) is 2.33. The van der Waals surface area contributed by atoms with Crippen molar-refractivity contribution in [1.82, 2.24) is 4.40 Å². The molecular formula is C11H9N2+. The van der Waals surface area contributed by atoms with E-state index in [0.717, 1.165) is 0 Å². The van der Waals surface area contributed by atoms with Gasteiger partial charge in [0.1, 0.15) is 0 Å². The van der Waals surface area contributed by atoms with E-state index < -0.39 is 0 Å². The third-order valence-electron chi connectivity index (χ3n) is 2.33. The third kappa shape index (κ3) is 0.855. The van der Waals surface area contributed by atoms with E-state index >= 15 is 0 Å². The molecule has 0 aromatic carbocycles. The van der Waals surface area contributed by atoms with Crippen molar-refractivity contribution >= 4 is 16.4 Å². The Balaban J connectivity index is 2.64. The van der Waals surface area contributed by atoms with Crippen LogP contribution in [0.2, 0.25) is 0 Å². The lowest BCUT2D eigenvalue weighted by molar-refractivity contribution is -0.375. The predicted molar refractivity (Wildman–Crippen MR) is 51.5 cm³/mol. The first kappa shape index (κ1) is 6.66. The largest absolute Gasteiger partial charge is 0.316 e. The third-order valence-corrected chi connectivity index (χ3v) is 2.33. The number of rotatable bonds is 0. The van der Waals surface area contributed by atoms with E-state index in [1.165, 1.54) is 16.4 Å². The Bertz CT molecular complexity index is 516. The Morgan fingerprint density at radius 1 is 1.15 bits per heavy atom. The van der Waals surface area contributed by atoms with Gasteiger partial charge in [0.25, 0.3) is 0 Å². The Morgan fingerprint density at radius 3 is 3.15 bits per heavy atom. The molecule has 0 saturated heterocycles. The quantitative estimate of drug-likeness (QED) is 0.489. The summed E-state index contributed by atoms with van der Waals surface area (Å²) in [5.41, 5.74) is 2.48. The van der Waals surface area contributed by atoms with Gasteiger partial charge in [0.2, 0.25) is 0 Å². The van der Waals surface area contributed by atoms with Crippen LogP contribution in [-0.2, 0) is 0 Å². The first-order chi connectivity index (χ1) is 6.45. The Kier molecular flexibility index (Phi) is 1.19. The monoisotopic (exact) mass is 169 g/mol. The van der Waals surface area contributed by atoms with Gasteiger partial charge in [-0.2, -0.15) is 0 Å². The van der Waals surface area contributed by atoms with Gasteiger partial charge in [0, 0.05) is 17.8 Å². The molecule has 0 fully saturated rings. The summed E-state index contributed by atoms with van der Waals surface area (Å²) in [6.45, 7) is 0. The molecule has 3 heterocycles. The summed E-state index contributed by atoms with van der Waals surface area (Å²) < 4.78 is 2.18. The van der Waals surface area contributed by atoms with Crippen molar-refractivity contribution in [2.75, 3.05) is 0 Å². The second-order valence-corrected chi connectivity index (χ2v) is 3.12. The molecule has 0 aliphatic rings. The minimum atomic E-state index is 1.23. The minimum absolute atomic E-state index is 1.23. The summed E-state index contributed by atoms with van der Waals surface area (Å²) in [4.78, 5) is 3.08. The average molecular weight is 169 g/mol. The van der Waals surface area contributed by atoms with Gasteiger partial charge in [-0.1, -0.05) is 6.07 Å². The molecule has 0 aliphatic carbocycles. The van der Waals surface area contributed by atoms with Crippen LogP contribution in [0, 0.1) is 0 Å². The molecule has 13 heavy (non-hydrogen) atoms. The number of aromatic amines is 1. The van der Waals surface area contributed by atoms with Crippen LogP contribution < -0.4 is 4.98 Å². The molecule has 1 N–H and O–H groups in total. The summed E-state index contributed by atoms with van der Waals surface area (Å²) in [7, 11) is 0. The maximum atomic E-state index is 3.08. The minimum Gasteiger partial charge on any atom is -0.316 e. The fraction of sp³-hybridized carbons (Fsp3) is 0. The summed E-state index contributed by atoms with van der Waals surface area (Å²) in [5.74, 6) is 0. The van der Waals surface area contributed by atoms with Crippen molar-refractivity contribution in [3.63, 3.8) is 0 Å². The highest BCUT2D eigenvalue weighted by molar-refractivity contribution is 5.85. The Hall–Kier alpha value is -1.83. The van der Waals surface area contributed by atoms with Gasteiger partial charge in [-0.3, -0.25) is 0 Å². The molecule has 0 saturated carbocycles. The molecule has 0 spiro atoms. The van der Waals surface area contributed by atoms with Crippen LogP contribution in [0.5, 0.6) is 0 Å². The maximum absolute atomic E-state index is 3.08. The molecule has 0 unspecified atom stereocenters. The van der Waals surface area contributed by atoms with Crippen molar-refractivity contribution < 1.29 is 4.98 Å². The van der Waals surface area contributed by atoms with Crippen LogP contribution in [0.3, 0.4) is 0 Å². The van der Waals surface area contributed by atoms with E-state index in [9.17, 15) is 0 Å². The van der Waals surface area contributed by atoms with E-state index in [1.807, 2.05) is 18.5 Å². The van der Waals surface area contributed by atoms with Crippen LogP contribution in [0.4, 0.5) is 0 Å². The number of hydrogen-bond acceptors (Lipinski definition) is 0. The molecule has 62 valence electrons. The molecule has 0 aliphatic heterocycles. The zero-order valence-electron chi connectivity index (χ0n) is 7.07. The van der Waals surface area contributed by atoms with Gasteiger partial charge in [0.15, 0.2) is 12.4 Å². The summed E-state index contributed by atoms with van der Waals surface area (Å²) in [6.07, 6.45) is 6.04. The zero-order valence-corrected chi connectivity index (χ0v) is 7.07. The first-order valence-corrected chi connectivity index (χ1v) is 4.31.